The number of hydrogen-bond acceptors (Lipinski definition) is 3. The highest BCUT2D eigenvalue weighted by Crippen LogP contribution is 2.28. The molecule has 2 amide bonds. The van der Waals surface area contributed by atoms with Gasteiger partial charge in [-0.2, -0.15) is 0 Å². The highest BCUT2D eigenvalue weighted by molar-refractivity contribution is 5.90. The normalized spacial score (nSPS) is 19.6. The van der Waals surface area contributed by atoms with Crippen molar-refractivity contribution in [3.63, 3.8) is 0 Å². The molecule has 1 aliphatic carbocycles. The summed E-state index contributed by atoms with van der Waals surface area (Å²) >= 11 is 0. The Morgan fingerprint density at radius 2 is 1.94 bits per heavy atom. The van der Waals surface area contributed by atoms with Crippen LogP contribution >= 0.6 is 0 Å². The number of carbonyl (C=O) groups excluding carboxylic acids is 2. The third-order valence-corrected chi connectivity index (χ3v) is 6.31. The van der Waals surface area contributed by atoms with Crippen molar-refractivity contribution < 1.29 is 9.59 Å². The van der Waals surface area contributed by atoms with Gasteiger partial charge in [-0.15, -0.1) is 0 Å². The molecular weight excluding hydrogens is 388 g/mol. The van der Waals surface area contributed by atoms with E-state index >= 15 is 0 Å². The Hall–Kier alpha value is -3.15. The van der Waals surface area contributed by atoms with Gasteiger partial charge in [0.1, 0.15) is 6.04 Å². The van der Waals surface area contributed by atoms with Crippen LogP contribution in [0.5, 0.6) is 0 Å². The SMILES string of the molecule is CC1CCC(C(=O)N[C@@H](Cc2c[nH]c3ccccc23)C(=O)NCc2cccnc2)CC1. The van der Waals surface area contributed by atoms with Crippen LogP contribution in [-0.2, 0) is 22.6 Å². The molecule has 3 N–H and O–H groups in total. The predicted octanol–water partition coefficient (Wildman–Crippen LogP) is 3.73. The van der Waals surface area contributed by atoms with E-state index in [1.54, 1.807) is 12.4 Å². The molecule has 3 aromatic rings. The number of amides is 2. The lowest BCUT2D eigenvalue weighted by atomic mass is 9.82. The molecule has 31 heavy (non-hydrogen) atoms. The lowest BCUT2D eigenvalue weighted by molar-refractivity contribution is -0.132. The second-order valence-electron chi connectivity index (χ2n) is 8.66. The Kier molecular flexibility index (Phi) is 6.65. The molecule has 1 atom stereocenters. The van der Waals surface area contributed by atoms with Crippen LogP contribution in [0.1, 0.15) is 43.7 Å². The minimum absolute atomic E-state index is 0.00623. The van der Waals surface area contributed by atoms with Crippen LogP contribution in [0.25, 0.3) is 10.9 Å². The molecule has 0 radical (unpaired) electrons. The molecule has 6 heteroatoms. The number of carbonyl (C=O) groups is 2. The number of fused-ring (bicyclic) bond motifs is 1. The van der Waals surface area contributed by atoms with E-state index in [0.717, 1.165) is 47.7 Å². The summed E-state index contributed by atoms with van der Waals surface area (Å²) in [6, 6.07) is 11.2. The lowest BCUT2D eigenvalue weighted by Crippen LogP contribution is -2.49. The fourth-order valence-corrected chi connectivity index (χ4v) is 4.36. The fraction of sp³-hybridized carbons (Fsp3) is 0.400. The Morgan fingerprint density at radius 3 is 2.71 bits per heavy atom. The summed E-state index contributed by atoms with van der Waals surface area (Å²) in [6.45, 7) is 2.62. The van der Waals surface area contributed by atoms with Gasteiger partial charge in [-0.25, -0.2) is 0 Å². The second kappa shape index (κ2) is 9.77. The Morgan fingerprint density at radius 1 is 1.13 bits per heavy atom. The first-order valence-corrected chi connectivity index (χ1v) is 11.1. The van der Waals surface area contributed by atoms with Gasteiger partial charge in [-0.05, 0) is 54.9 Å². The first-order chi connectivity index (χ1) is 15.1. The summed E-state index contributed by atoms with van der Waals surface area (Å²) in [6.07, 6.45) is 9.73. The van der Waals surface area contributed by atoms with Gasteiger partial charge in [0.25, 0.3) is 0 Å². The van der Waals surface area contributed by atoms with Crippen LogP contribution in [-0.4, -0.2) is 27.8 Å². The third-order valence-electron chi connectivity index (χ3n) is 6.31. The minimum Gasteiger partial charge on any atom is -0.361 e. The fourth-order valence-electron chi connectivity index (χ4n) is 4.36. The average Bonchev–Trinajstić information content (AvgIpc) is 3.21. The number of benzene rings is 1. The van der Waals surface area contributed by atoms with Crippen molar-refractivity contribution in [3.05, 3.63) is 66.1 Å². The summed E-state index contributed by atoms with van der Waals surface area (Å²) in [5.41, 5.74) is 2.98. The molecule has 1 aliphatic rings. The summed E-state index contributed by atoms with van der Waals surface area (Å²) in [5.74, 6) is 0.488. The number of pyridine rings is 1. The molecule has 162 valence electrons. The van der Waals surface area contributed by atoms with Gasteiger partial charge in [0.15, 0.2) is 0 Å². The molecule has 2 heterocycles. The van der Waals surface area contributed by atoms with Crippen LogP contribution in [0, 0.1) is 11.8 Å². The zero-order valence-corrected chi connectivity index (χ0v) is 17.9. The quantitative estimate of drug-likeness (QED) is 0.546. The van der Waals surface area contributed by atoms with Gasteiger partial charge in [0.05, 0.1) is 0 Å². The highest BCUT2D eigenvalue weighted by atomic mass is 16.2. The Bertz CT molecular complexity index is 1020. The van der Waals surface area contributed by atoms with Crippen LogP contribution in [0.3, 0.4) is 0 Å². The second-order valence-corrected chi connectivity index (χ2v) is 8.66. The molecule has 1 aromatic carbocycles. The average molecular weight is 419 g/mol. The van der Waals surface area contributed by atoms with E-state index in [-0.39, 0.29) is 17.7 Å². The predicted molar refractivity (Wildman–Crippen MR) is 121 cm³/mol. The molecular formula is C25H30N4O2. The number of rotatable bonds is 7. The number of para-hydroxylation sites is 1. The molecule has 6 nitrogen and oxygen atoms in total. The van der Waals surface area contributed by atoms with E-state index in [1.165, 1.54) is 0 Å². The maximum absolute atomic E-state index is 13.1. The number of aromatic nitrogens is 2. The largest absolute Gasteiger partial charge is 0.361 e. The minimum atomic E-state index is -0.622. The van der Waals surface area contributed by atoms with E-state index in [0.29, 0.717) is 18.9 Å². The smallest absolute Gasteiger partial charge is 0.243 e. The van der Waals surface area contributed by atoms with Gasteiger partial charge in [-0.3, -0.25) is 14.6 Å². The zero-order valence-electron chi connectivity index (χ0n) is 17.9. The molecule has 0 unspecified atom stereocenters. The molecule has 1 saturated carbocycles. The first kappa shape index (κ1) is 21.1. The van der Waals surface area contributed by atoms with E-state index < -0.39 is 6.04 Å². The molecule has 4 rings (SSSR count). The van der Waals surface area contributed by atoms with Gasteiger partial charge in [0.2, 0.25) is 11.8 Å². The van der Waals surface area contributed by atoms with E-state index in [1.807, 2.05) is 42.6 Å². The molecule has 1 fully saturated rings. The third kappa shape index (κ3) is 5.32. The number of nitrogens with zero attached hydrogens (tertiary/aromatic N) is 1. The first-order valence-electron chi connectivity index (χ1n) is 11.1. The maximum atomic E-state index is 13.1. The summed E-state index contributed by atoms with van der Waals surface area (Å²) in [7, 11) is 0. The number of nitrogens with one attached hydrogen (secondary N) is 3. The van der Waals surface area contributed by atoms with E-state index in [9.17, 15) is 9.59 Å². The number of aromatic amines is 1. The zero-order chi connectivity index (χ0) is 21.6. The Balaban J connectivity index is 1.48. The monoisotopic (exact) mass is 418 g/mol. The van der Waals surface area contributed by atoms with Gasteiger partial charge in [-0.1, -0.05) is 31.2 Å². The van der Waals surface area contributed by atoms with E-state index in [2.05, 4.69) is 27.5 Å². The molecule has 2 aromatic heterocycles. The van der Waals surface area contributed by atoms with Gasteiger partial charge >= 0.3 is 0 Å². The van der Waals surface area contributed by atoms with Crippen molar-refractivity contribution in [2.24, 2.45) is 11.8 Å². The van der Waals surface area contributed by atoms with Crippen molar-refractivity contribution in [1.29, 1.82) is 0 Å². The van der Waals surface area contributed by atoms with E-state index in [4.69, 9.17) is 0 Å². The van der Waals surface area contributed by atoms with Crippen molar-refractivity contribution in [3.8, 4) is 0 Å². The summed E-state index contributed by atoms with van der Waals surface area (Å²) < 4.78 is 0. The van der Waals surface area contributed by atoms with Crippen molar-refractivity contribution in [2.45, 2.75) is 51.6 Å². The van der Waals surface area contributed by atoms with Crippen LogP contribution in [0.15, 0.2) is 55.0 Å². The molecule has 0 saturated heterocycles. The summed E-state index contributed by atoms with van der Waals surface area (Å²) in [5, 5.41) is 7.11. The number of hydrogen-bond donors (Lipinski definition) is 3. The molecule has 0 spiro atoms. The summed E-state index contributed by atoms with van der Waals surface area (Å²) in [4.78, 5) is 33.4. The lowest BCUT2D eigenvalue weighted by Gasteiger charge is -2.27. The van der Waals surface area contributed by atoms with Crippen LogP contribution < -0.4 is 10.6 Å². The molecule has 0 bridgehead atoms. The van der Waals surface area contributed by atoms with Crippen LogP contribution in [0.2, 0.25) is 0 Å². The maximum Gasteiger partial charge on any atom is 0.243 e. The van der Waals surface area contributed by atoms with Crippen molar-refractivity contribution >= 4 is 22.7 Å². The topological polar surface area (TPSA) is 86.9 Å². The highest BCUT2D eigenvalue weighted by Gasteiger charge is 2.29. The number of H-pyrrole nitrogens is 1. The van der Waals surface area contributed by atoms with Crippen LogP contribution in [0.4, 0.5) is 0 Å². The van der Waals surface area contributed by atoms with Crippen molar-refractivity contribution in [2.75, 3.05) is 0 Å². The Labute approximate surface area is 182 Å². The standard InChI is InChI=1S/C25H30N4O2/c1-17-8-10-19(11-9-17)24(30)29-23(25(31)28-15-18-5-4-12-26-14-18)13-20-16-27-22-7-3-2-6-21(20)22/h2-7,12,14,16-17,19,23,27H,8-11,13,15H2,1H3,(H,28,31)(H,29,30)/t17?,19?,23-/m0/s1. The van der Waals surface area contributed by atoms with Gasteiger partial charge in [0, 0.05) is 48.4 Å². The molecule has 0 aliphatic heterocycles. The van der Waals surface area contributed by atoms with Crippen molar-refractivity contribution in [1.82, 2.24) is 20.6 Å². The van der Waals surface area contributed by atoms with Gasteiger partial charge < -0.3 is 15.6 Å².